The van der Waals surface area contributed by atoms with Gasteiger partial charge >= 0.3 is 5.97 Å². The third-order valence-corrected chi connectivity index (χ3v) is 9.69. The predicted molar refractivity (Wildman–Crippen MR) is 157 cm³/mol. The van der Waals surface area contributed by atoms with E-state index in [1.54, 1.807) is 11.1 Å². The van der Waals surface area contributed by atoms with Gasteiger partial charge in [0.15, 0.2) is 6.29 Å². The predicted octanol–water partition coefficient (Wildman–Crippen LogP) is 5.80. The Morgan fingerprint density at radius 3 is 2.45 bits per heavy atom. The van der Waals surface area contributed by atoms with Crippen molar-refractivity contribution in [3.8, 4) is 0 Å². The van der Waals surface area contributed by atoms with Crippen molar-refractivity contribution >= 4 is 5.97 Å². The summed E-state index contributed by atoms with van der Waals surface area (Å²) < 4.78 is 17.1. The number of rotatable bonds is 14. The molecule has 1 aromatic carbocycles. The summed E-state index contributed by atoms with van der Waals surface area (Å²) in [5, 5.41) is 18.7. The number of aliphatic hydroxyl groups excluding tert-OH is 2. The van der Waals surface area contributed by atoms with Gasteiger partial charge in [0.05, 0.1) is 37.9 Å². The van der Waals surface area contributed by atoms with Crippen molar-refractivity contribution in [3.05, 3.63) is 47.0 Å². The Kier molecular flexibility index (Phi) is 12.5. The van der Waals surface area contributed by atoms with Crippen molar-refractivity contribution in [2.45, 2.75) is 96.7 Å². The Bertz CT molecular complexity index is 928. The molecule has 0 bridgehead atoms. The fourth-order valence-corrected chi connectivity index (χ4v) is 6.93. The number of hydrogen-bond acceptors (Lipinski definition) is 6. The van der Waals surface area contributed by atoms with Crippen LogP contribution in [-0.2, 0) is 38.3 Å². The lowest BCUT2D eigenvalue weighted by Gasteiger charge is -2.39. The summed E-state index contributed by atoms with van der Waals surface area (Å²) in [5.74, 6) is 1.59. The molecular formula is C34H52O6. The number of hydrogen-bond donors (Lipinski definition) is 2. The van der Waals surface area contributed by atoms with Crippen LogP contribution in [0.3, 0.4) is 0 Å². The molecule has 2 aliphatic carbocycles. The lowest BCUT2D eigenvalue weighted by Crippen LogP contribution is -2.43. The summed E-state index contributed by atoms with van der Waals surface area (Å²) in [6.07, 6.45) is 16.3. The van der Waals surface area contributed by atoms with Crippen LogP contribution in [0.15, 0.2) is 30.4 Å². The topological polar surface area (TPSA) is 85.2 Å². The molecule has 1 aliphatic heterocycles. The Balaban J connectivity index is 1.12. The van der Waals surface area contributed by atoms with Gasteiger partial charge in [0.1, 0.15) is 6.61 Å². The summed E-state index contributed by atoms with van der Waals surface area (Å²) in [4.78, 5) is 11.8. The molecule has 40 heavy (non-hydrogen) atoms. The SMILES string of the molecule is C=C(CO)C(=O)OCC(CO)C1OCC(C2CCC(CCC3CCc4cc(CCCCC)ccc4C3)CC2)CO1. The zero-order valence-electron chi connectivity index (χ0n) is 24.7. The van der Waals surface area contributed by atoms with Crippen molar-refractivity contribution in [1.82, 2.24) is 0 Å². The zero-order valence-corrected chi connectivity index (χ0v) is 24.7. The standard InChI is InChI=1S/C34H52O6/c1-3-4-5-6-26-11-15-30-18-27(12-16-29(30)17-26)8-7-25-9-13-28(14-10-25)32-22-39-34(40-23-32)31(20-36)21-38-33(37)24(2)19-35/h11,15,17,25,27-28,31-32,34-36H,2-10,12-14,16,18-23H2,1H3. The van der Waals surface area contributed by atoms with Crippen LogP contribution in [0.1, 0.15) is 87.8 Å². The lowest BCUT2D eigenvalue weighted by molar-refractivity contribution is -0.242. The first-order valence-electron chi connectivity index (χ1n) is 15.9. The van der Waals surface area contributed by atoms with Gasteiger partial charge in [-0.15, -0.1) is 0 Å². The number of fused-ring (bicyclic) bond motifs is 1. The van der Waals surface area contributed by atoms with Gasteiger partial charge in [0, 0.05) is 5.92 Å². The number of benzene rings is 1. The van der Waals surface area contributed by atoms with E-state index >= 15 is 0 Å². The van der Waals surface area contributed by atoms with E-state index < -0.39 is 24.8 Å². The normalized spacial score (nSPS) is 27.5. The Morgan fingerprint density at radius 2 is 1.75 bits per heavy atom. The van der Waals surface area contributed by atoms with E-state index in [1.165, 1.54) is 89.0 Å². The largest absolute Gasteiger partial charge is 0.462 e. The molecule has 1 saturated carbocycles. The van der Waals surface area contributed by atoms with Crippen LogP contribution in [0.2, 0.25) is 0 Å². The molecule has 6 nitrogen and oxygen atoms in total. The molecule has 1 saturated heterocycles. The maximum atomic E-state index is 11.8. The molecule has 3 aliphatic rings. The molecule has 2 unspecified atom stereocenters. The van der Waals surface area contributed by atoms with Gasteiger partial charge in [0.2, 0.25) is 0 Å². The minimum absolute atomic E-state index is 0.00601. The number of carbonyl (C=O) groups excluding carboxylic acids is 1. The molecule has 2 N–H and O–H groups in total. The lowest BCUT2D eigenvalue weighted by atomic mass is 9.73. The van der Waals surface area contributed by atoms with Crippen molar-refractivity contribution in [2.75, 3.05) is 33.0 Å². The van der Waals surface area contributed by atoms with Crippen molar-refractivity contribution in [2.24, 2.45) is 29.6 Å². The molecule has 1 aromatic rings. The molecule has 1 heterocycles. The van der Waals surface area contributed by atoms with E-state index in [2.05, 4.69) is 31.7 Å². The maximum absolute atomic E-state index is 11.8. The van der Waals surface area contributed by atoms with Gasteiger partial charge < -0.3 is 24.4 Å². The third kappa shape index (κ3) is 8.88. The van der Waals surface area contributed by atoms with Crippen LogP contribution in [0.25, 0.3) is 0 Å². The second-order valence-electron chi connectivity index (χ2n) is 12.6. The fourth-order valence-electron chi connectivity index (χ4n) is 6.93. The Morgan fingerprint density at radius 1 is 1.00 bits per heavy atom. The molecule has 224 valence electrons. The highest BCUT2D eigenvalue weighted by Crippen LogP contribution is 2.39. The van der Waals surface area contributed by atoms with E-state index in [1.807, 2.05) is 0 Å². The number of carbonyl (C=O) groups is 1. The highest BCUT2D eigenvalue weighted by Gasteiger charge is 2.35. The van der Waals surface area contributed by atoms with Crippen LogP contribution in [0.4, 0.5) is 0 Å². The number of unbranched alkanes of at least 4 members (excludes halogenated alkanes) is 2. The second kappa shape index (κ2) is 16.1. The summed E-state index contributed by atoms with van der Waals surface area (Å²) in [7, 11) is 0. The first-order valence-corrected chi connectivity index (χ1v) is 15.9. The molecule has 6 heteroatoms. The number of ether oxygens (including phenoxy) is 3. The van der Waals surface area contributed by atoms with Gasteiger partial charge in [-0.2, -0.15) is 0 Å². The van der Waals surface area contributed by atoms with Crippen molar-refractivity contribution in [3.63, 3.8) is 0 Å². The highest BCUT2D eigenvalue weighted by atomic mass is 16.7. The van der Waals surface area contributed by atoms with Crippen molar-refractivity contribution in [1.29, 1.82) is 0 Å². The summed E-state index contributed by atoms with van der Waals surface area (Å²) in [5.41, 5.74) is 4.75. The molecule has 0 aromatic heterocycles. The van der Waals surface area contributed by atoms with Crippen LogP contribution >= 0.6 is 0 Å². The number of aryl methyl sites for hydroxylation is 2. The fraction of sp³-hybridized carbons (Fsp3) is 0.735. The molecule has 0 spiro atoms. The quantitative estimate of drug-likeness (QED) is 0.171. The van der Waals surface area contributed by atoms with Crippen molar-refractivity contribution < 1.29 is 29.2 Å². The number of aliphatic hydroxyl groups is 2. The maximum Gasteiger partial charge on any atom is 0.335 e. The van der Waals surface area contributed by atoms with Gasteiger partial charge in [-0.25, -0.2) is 4.79 Å². The third-order valence-electron chi connectivity index (χ3n) is 9.69. The average Bonchev–Trinajstić information content (AvgIpc) is 3.00. The van der Waals surface area contributed by atoms with Gasteiger partial charge in [-0.3, -0.25) is 0 Å². The zero-order chi connectivity index (χ0) is 28.3. The molecular weight excluding hydrogens is 504 g/mol. The summed E-state index contributed by atoms with van der Waals surface area (Å²) in [6.45, 7) is 6.30. The van der Waals surface area contributed by atoms with E-state index in [4.69, 9.17) is 19.3 Å². The van der Waals surface area contributed by atoms with Crippen LogP contribution in [0.5, 0.6) is 0 Å². The molecule has 0 radical (unpaired) electrons. The first kappa shape index (κ1) is 31.2. The Hall–Kier alpha value is -1.73. The van der Waals surface area contributed by atoms with E-state index in [0.29, 0.717) is 25.0 Å². The minimum atomic E-state index is -0.661. The number of esters is 1. The van der Waals surface area contributed by atoms with Gasteiger partial charge in [-0.1, -0.05) is 63.8 Å². The van der Waals surface area contributed by atoms with Crippen LogP contribution in [0, 0.1) is 29.6 Å². The first-order chi connectivity index (χ1) is 19.5. The van der Waals surface area contributed by atoms with Crippen LogP contribution in [-0.4, -0.2) is 55.5 Å². The molecule has 2 fully saturated rings. The van der Waals surface area contributed by atoms with Gasteiger partial charge in [-0.05, 0) is 85.8 Å². The van der Waals surface area contributed by atoms with E-state index in [9.17, 15) is 9.90 Å². The summed E-state index contributed by atoms with van der Waals surface area (Å²) in [6, 6.07) is 7.31. The smallest absolute Gasteiger partial charge is 0.335 e. The summed E-state index contributed by atoms with van der Waals surface area (Å²) >= 11 is 0. The van der Waals surface area contributed by atoms with E-state index in [0.717, 1.165) is 11.8 Å². The van der Waals surface area contributed by atoms with E-state index in [-0.39, 0.29) is 18.8 Å². The molecule has 0 amide bonds. The monoisotopic (exact) mass is 556 g/mol. The minimum Gasteiger partial charge on any atom is -0.462 e. The van der Waals surface area contributed by atoms with Gasteiger partial charge in [0.25, 0.3) is 0 Å². The Labute approximate surface area is 241 Å². The highest BCUT2D eigenvalue weighted by molar-refractivity contribution is 5.87. The molecule has 2 atom stereocenters. The average molecular weight is 557 g/mol. The molecule has 4 rings (SSSR count). The van der Waals surface area contributed by atoms with Crippen LogP contribution < -0.4 is 0 Å². The second-order valence-corrected chi connectivity index (χ2v) is 12.6.